The Labute approximate surface area is 230 Å². The minimum absolute atomic E-state index is 0. The molecule has 1 saturated heterocycles. The number of hydrogen-bond acceptors (Lipinski definition) is 0. The molecule has 4 unspecified atom stereocenters. The van der Waals surface area contributed by atoms with Crippen LogP contribution in [0, 0.1) is 11.8 Å². The van der Waals surface area contributed by atoms with Crippen LogP contribution in [-0.2, 0) is 20.0 Å². The summed E-state index contributed by atoms with van der Waals surface area (Å²) in [6.07, 6.45) is 13.9. The van der Waals surface area contributed by atoms with Crippen molar-refractivity contribution in [2.75, 3.05) is 0 Å². The van der Waals surface area contributed by atoms with E-state index < -0.39 is 20.0 Å². The van der Waals surface area contributed by atoms with Crippen LogP contribution in [0.2, 0.25) is 7.35 Å². The maximum absolute atomic E-state index is 2.92. The maximum atomic E-state index is 2.65. The zero-order valence-electron chi connectivity index (χ0n) is 21.8. The van der Waals surface area contributed by atoms with Gasteiger partial charge in [-0.1, -0.05) is 0 Å². The van der Waals surface area contributed by atoms with E-state index in [1.807, 2.05) is 11.1 Å². The summed E-state index contributed by atoms with van der Waals surface area (Å²) in [4.78, 5) is 0. The molecule has 1 saturated carbocycles. The van der Waals surface area contributed by atoms with Crippen LogP contribution in [0.25, 0.3) is 12.2 Å². The first-order chi connectivity index (χ1) is 16.0. The first-order valence-corrected chi connectivity index (χ1v) is 21.9. The first-order valence-electron chi connectivity index (χ1n) is 13.6. The fraction of sp³-hybridized carbons (Fsp3) is 0.500. The molecule has 0 nitrogen and oxygen atoms in total. The van der Waals surface area contributed by atoms with Gasteiger partial charge < -0.3 is 0 Å². The molecule has 1 heterocycles. The first kappa shape index (κ1) is 27.4. The van der Waals surface area contributed by atoms with Crippen molar-refractivity contribution in [2.24, 2.45) is 11.8 Å². The maximum Gasteiger partial charge on any atom is -0.147 e. The molecule has 0 N–H and O–H groups in total. The number of benzene rings is 2. The molecule has 0 aromatic heterocycles. The Kier molecular flexibility index (Phi) is 8.32. The molecule has 1 aliphatic heterocycles. The zero-order valence-corrected chi connectivity index (χ0v) is 27.0. The Balaban J connectivity index is 0.00000144. The number of allylic oxidation sites excluding steroid dienone is 2. The normalized spacial score (nSPS) is 30.0. The van der Waals surface area contributed by atoms with Gasteiger partial charge in [0.15, 0.2) is 0 Å². The average Bonchev–Trinajstić information content (AvgIpc) is 3.08. The van der Waals surface area contributed by atoms with E-state index in [-0.39, 0.29) is 24.8 Å². The fourth-order valence-corrected chi connectivity index (χ4v) is 43.8. The SMILES string of the molecule is CC(C)CC1=Cc2ccccc2[CH]1[Hf]1([CH]2C(CC(C)C)=Cc3ccccc32)[CH]2CCCC[CH]21.Cl.Cl. The predicted molar refractivity (Wildman–Crippen MR) is 154 cm³/mol. The Morgan fingerprint density at radius 2 is 1.06 bits per heavy atom. The van der Waals surface area contributed by atoms with Crippen LogP contribution < -0.4 is 0 Å². The molecule has 188 valence electrons. The standard InChI is InChI=1S/2C13H15.C6H10.2ClH.Hf/c2*1-10(2)7-11-8-12-5-3-4-6-13(12)9-11;1-2-4-6-5-3-1;;;/h2*3-6,8-10H,7H2,1-2H3;1-2H,3-6H2;2*1H;. The second-order valence-electron chi connectivity index (χ2n) is 12.3. The molecule has 4 atom stereocenters. The van der Waals surface area contributed by atoms with Gasteiger partial charge in [-0.3, -0.25) is 0 Å². The van der Waals surface area contributed by atoms with Gasteiger partial charge in [0.1, 0.15) is 0 Å². The third-order valence-corrected chi connectivity index (χ3v) is 34.2. The van der Waals surface area contributed by atoms with E-state index in [4.69, 9.17) is 0 Å². The van der Waals surface area contributed by atoms with Gasteiger partial charge in [-0.25, -0.2) is 0 Å². The van der Waals surface area contributed by atoms with Gasteiger partial charge in [0.05, 0.1) is 0 Å². The van der Waals surface area contributed by atoms with Crippen LogP contribution in [0.1, 0.15) is 95.8 Å². The minimum Gasteiger partial charge on any atom is -0.147 e. The summed E-state index contributed by atoms with van der Waals surface area (Å²) in [6, 6.07) is 19.1. The largest absolute Gasteiger partial charge is 0.147 e. The van der Waals surface area contributed by atoms with Gasteiger partial charge in [0.2, 0.25) is 0 Å². The summed E-state index contributed by atoms with van der Waals surface area (Å²) < 4.78 is 3.83. The van der Waals surface area contributed by atoms with Crippen LogP contribution in [0.4, 0.5) is 0 Å². The molecule has 2 aromatic rings. The van der Waals surface area contributed by atoms with E-state index >= 15 is 0 Å². The second-order valence-corrected chi connectivity index (χ2v) is 28.9. The molecular formula is C32H42Cl2Hf. The van der Waals surface area contributed by atoms with Crippen molar-refractivity contribution >= 4 is 37.0 Å². The monoisotopic (exact) mass is 676 g/mol. The molecule has 0 amide bonds. The predicted octanol–water partition coefficient (Wildman–Crippen LogP) is 10.5. The van der Waals surface area contributed by atoms with E-state index in [2.05, 4.69) is 88.4 Å². The van der Waals surface area contributed by atoms with Gasteiger partial charge in [0.25, 0.3) is 0 Å². The van der Waals surface area contributed by atoms with Crippen LogP contribution in [0.5, 0.6) is 0 Å². The van der Waals surface area contributed by atoms with Crippen molar-refractivity contribution < 1.29 is 20.0 Å². The molecule has 35 heavy (non-hydrogen) atoms. The average molecular weight is 676 g/mol. The third kappa shape index (κ3) is 4.40. The van der Waals surface area contributed by atoms with Crippen molar-refractivity contribution in [2.45, 2.75) is 80.9 Å². The van der Waals surface area contributed by atoms with E-state index in [1.165, 1.54) is 38.5 Å². The molecule has 2 fully saturated rings. The fourth-order valence-electron chi connectivity index (χ4n) is 8.49. The molecule has 0 radical (unpaired) electrons. The number of rotatable bonds is 6. The van der Waals surface area contributed by atoms with Crippen LogP contribution >= 0.6 is 24.8 Å². The van der Waals surface area contributed by atoms with Crippen LogP contribution in [0.3, 0.4) is 0 Å². The summed E-state index contributed by atoms with van der Waals surface area (Å²) in [5, 5.41) is 0. The van der Waals surface area contributed by atoms with E-state index in [0.717, 1.165) is 26.5 Å². The topological polar surface area (TPSA) is 0 Å². The Morgan fingerprint density at radius 3 is 1.46 bits per heavy atom. The number of halogens is 2. The van der Waals surface area contributed by atoms with E-state index in [1.54, 1.807) is 22.3 Å². The number of hydrogen-bond donors (Lipinski definition) is 0. The molecule has 2 aromatic carbocycles. The molecule has 0 spiro atoms. The van der Waals surface area contributed by atoms with Crippen molar-refractivity contribution in [3.05, 3.63) is 81.9 Å². The Morgan fingerprint density at radius 1 is 0.657 bits per heavy atom. The molecular weight excluding hydrogens is 634 g/mol. The van der Waals surface area contributed by atoms with E-state index in [0.29, 0.717) is 0 Å². The summed E-state index contributed by atoms with van der Waals surface area (Å²) >= 11 is -2.92. The van der Waals surface area contributed by atoms with Crippen molar-refractivity contribution in [3.8, 4) is 0 Å². The van der Waals surface area contributed by atoms with Crippen molar-refractivity contribution in [1.29, 1.82) is 0 Å². The van der Waals surface area contributed by atoms with Crippen LogP contribution in [0.15, 0.2) is 59.7 Å². The molecule has 3 heteroatoms. The second kappa shape index (κ2) is 10.6. The molecule has 4 aliphatic rings. The van der Waals surface area contributed by atoms with Gasteiger partial charge >= 0.3 is 207 Å². The van der Waals surface area contributed by atoms with Crippen molar-refractivity contribution in [3.63, 3.8) is 0 Å². The summed E-state index contributed by atoms with van der Waals surface area (Å²) in [5.41, 5.74) is 10.2. The van der Waals surface area contributed by atoms with Gasteiger partial charge in [-0.2, -0.15) is 0 Å². The molecule has 0 bridgehead atoms. The van der Waals surface area contributed by atoms with Crippen molar-refractivity contribution in [1.82, 2.24) is 0 Å². The quantitative estimate of drug-likeness (QED) is 0.267. The summed E-state index contributed by atoms with van der Waals surface area (Å²) in [6.45, 7) is 9.72. The summed E-state index contributed by atoms with van der Waals surface area (Å²) in [7, 11) is 0. The van der Waals surface area contributed by atoms with Gasteiger partial charge in [-0.15, -0.1) is 24.8 Å². The Hall–Kier alpha value is -0.630. The Bertz CT molecular complexity index is 1040. The molecule has 6 rings (SSSR count). The minimum atomic E-state index is -2.92. The third-order valence-electron chi connectivity index (χ3n) is 9.27. The van der Waals surface area contributed by atoms with E-state index in [9.17, 15) is 0 Å². The number of fused-ring (bicyclic) bond motifs is 3. The van der Waals surface area contributed by atoms with Gasteiger partial charge in [-0.05, 0) is 0 Å². The van der Waals surface area contributed by atoms with Crippen LogP contribution in [-0.4, -0.2) is 0 Å². The zero-order chi connectivity index (χ0) is 22.7. The smallest absolute Gasteiger partial charge is 0.147 e. The molecule has 3 aliphatic carbocycles. The van der Waals surface area contributed by atoms with Gasteiger partial charge in [0, 0.05) is 0 Å². The summed E-state index contributed by atoms with van der Waals surface area (Å²) in [5.74, 6) is 1.47.